The molecule has 0 bridgehead atoms. The lowest BCUT2D eigenvalue weighted by molar-refractivity contribution is -0.152. The van der Waals surface area contributed by atoms with E-state index >= 15 is 0 Å². The van der Waals surface area contributed by atoms with E-state index in [1.165, 1.54) is 40.2 Å². The Morgan fingerprint density at radius 3 is 1.50 bits per heavy atom. The Morgan fingerprint density at radius 2 is 1.14 bits per heavy atom. The van der Waals surface area contributed by atoms with Crippen LogP contribution in [0.3, 0.4) is 0 Å². The Morgan fingerprint density at radius 1 is 0.741 bits per heavy atom. The fourth-order valence-electron chi connectivity index (χ4n) is 5.88. The van der Waals surface area contributed by atoms with E-state index in [0.717, 1.165) is 9.36 Å². The summed E-state index contributed by atoms with van der Waals surface area (Å²) >= 11 is 0. The first kappa shape index (κ1) is 42.4. The van der Waals surface area contributed by atoms with Gasteiger partial charge in [-0.15, -0.1) is 0 Å². The van der Waals surface area contributed by atoms with E-state index in [1.54, 1.807) is 6.92 Å². The van der Waals surface area contributed by atoms with Crippen molar-refractivity contribution in [2.45, 2.75) is 69.9 Å². The fraction of sp³-hybridized carbons (Fsp3) is 0.438. The Hall–Kier alpha value is -6.76. The second-order valence-electron chi connectivity index (χ2n) is 12.9. The smallest absolute Gasteiger partial charge is 0.390 e. The van der Waals surface area contributed by atoms with Gasteiger partial charge in [-0.1, -0.05) is 0 Å². The summed E-state index contributed by atoms with van der Waals surface area (Å²) in [4.78, 5) is 65.3. The highest BCUT2D eigenvalue weighted by molar-refractivity contribution is 6.21. The highest BCUT2D eigenvalue weighted by atomic mass is 19.4. The number of esters is 1. The molecule has 0 aromatic carbocycles. The average molecular weight is 828 g/mol. The van der Waals surface area contributed by atoms with Crippen LogP contribution in [0.4, 0.5) is 49.6 Å². The molecule has 0 aliphatic carbocycles. The number of anilines is 4. The normalized spacial score (nSPS) is 18.4. The predicted octanol–water partition coefficient (Wildman–Crippen LogP) is 2.23. The monoisotopic (exact) mass is 827 g/mol. The third-order valence-electron chi connectivity index (χ3n) is 9.00. The number of nitrogen functional groups attached to an aromatic ring is 2. The Labute approximate surface area is 322 Å². The van der Waals surface area contributed by atoms with E-state index in [2.05, 4.69) is 40.8 Å². The van der Waals surface area contributed by atoms with Crippen molar-refractivity contribution in [1.29, 1.82) is 0 Å². The van der Waals surface area contributed by atoms with Gasteiger partial charge in [0.15, 0.2) is 22.5 Å². The molecule has 0 saturated carbocycles. The number of halogens is 6. The first-order valence-electron chi connectivity index (χ1n) is 16.8. The average Bonchev–Trinajstić information content (AvgIpc) is 3.88. The highest BCUT2D eigenvalue weighted by Crippen LogP contribution is 2.43. The van der Waals surface area contributed by atoms with Crippen LogP contribution in [-0.4, -0.2) is 96.4 Å². The number of carbonyl (C=O) groups is 4. The van der Waals surface area contributed by atoms with Crippen LogP contribution >= 0.6 is 0 Å². The Bertz CT molecular complexity index is 2290. The van der Waals surface area contributed by atoms with Crippen LogP contribution in [-0.2, 0) is 47.8 Å². The van der Waals surface area contributed by atoms with Gasteiger partial charge in [-0.3, -0.25) is 19.2 Å². The third-order valence-corrected chi connectivity index (χ3v) is 9.00. The number of alkyl halides is 6. The standard InChI is InChI=1S/C17H19F3N6O4.C15H16F3N7O3/c1-4-30-15(28)16(2)10-11(21)22-12(23-13(10)24-14(16)27)8-7-9(29-3)26(25-8)6-5-17(18,19)20;1-14(12(20)26)8-9(19)21-10(22-11(8)23-13(14)27)6-5-7(28-2)25(24-6)4-3-15(16,17)18/h7H,4-6H2,1-3H3,(H3,21,22,23,24,27);5H,3-4H2,1-2H3,(H2,20,26)(H3,19,21,22,23,27). The molecule has 2 aliphatic rings. The summed E-state index contributed by atoms with van der Waals surface area (Å²) in [6.45, 7) is 3.37. The lowest BCUT2D eigenvalue weighted by Gasteiger charge is -2.20. The van der Waals surface area contributed by atoms with Gasteiger partial charge in [0.05, 0.1) is 57.9 Å². The molecule has 4 aromatic heterocycles. The van der Waals surface area contributed by atoms with Crippen LogP contribution in [0.15, 0.2) is 12.1 Å². The minimum Gasteiger partial charge on any atom is -0.481 e. The maximum absolute atomic E-state index is 12.5. The van der Waals surface area contributed by atoms with Crippen LogP contribution in [0.25, 0.3) is 23.0 Å². The van der Waals surface area contributed by atoms with Crippen molar-refractivity contribution in [2.75, 3.05) is 42.9 Å². The van der Waals surface area contributed by atoms with Crippen LogP contribution in [0.2, 0.25) is 0 Å². The van der Waals surface area contributed by atoms with Crippen molar-refractivity contribution in [3.05, 3.63) is 23.3 Å². The van der Waals surface area contributed by atoms with Gasteiger partial charge in [-0.2, -0.15) is 36.5 Å². The molecule has 0 spiro atoms. The molecule has 0 radical (unpaired) electrons. The largest absolute Gasteiger partial charge is 0.481 e. The van der Waals surface area contributed by atoms with Crippen molar-refractivity contribution in [3.63, 3.8) is 0 Å². The number of rotatable bonds is 11. The number of aryl methyl sites for hydroxylation is 2. The number of fused-ring (bicyclic) bond motifs is 2. The van der Waals surface area contributed by atoms with Crippen molar-refractivity contribution in [3.8, 4) is 34.8 Å². The number of nitrogens with zero attached hydrogens (tertiary/aromatic N) is 8. The van der Waals surface area contributed by atoms with Crippen LogP contribution < -0.4 is 37.3 Å². The van der Waals surface area contributed by atoms with Gasteiger partial charge in [0.1, 0.15) is 34.7 Å². The Balaban J connectivity index is 0.000000221. The summed E-state index contributed by atoms with van der Waals surface area (Å²) in [7, 11) is 2.56. The number of nitrogens with two attached hydrogens (primary N) is 3. The Kier molecular flexibility index (Phi) is 11.2. The summed E-state index contributed by atoms with van der Waals surface area (Å²) in [5.74, 6) is -3.45. The zero-order valence-corrected chi connectivity index (χ0v) is 31.1. The first-order valence-corrected chi connectivity index (χ1v) is 16.8. The van der Waals surface area contributed by atoms with E-state index in [-0.39, 0.29) is 75.8 Å². The number of amides is 3. The molecule has 2 unspecified atom stereocenters. The van der Waals surface area contributed by atoms with Crippen LogP contribution in [0.5, 0.6) is 11.8 Å². The number of carbonyl (C=O) groups excluding carboxylic acids is 4. The lowest BCUT2D eigenvalue weighted by atomic mass is 9.84. The number of primary amides is 1. The number of aromatic nitrogens is 8. The zero-order chi connectivity index (χ0) is 43.1. The number of methoxy groups -OCH3 is 2. The molecule has 8 N–H and O–H groups in total. The molecule has 312 valence electrons. The van der Waals surface area contributed by atoms with E-state index in [4.69, 9.17) is 31.4 Å². The summed E-state index contributed by atoms with van der Waals surface area (Å²) in [6.07, 6.45) is -10.9. The maximum Gasteiger partial charge on any atom is 0.390 e. The van der Waals surface area contributed by atoms with Crippen molar-refractivity contribution < 1.29 is 59.7 Å². The summed E-state index contributed by atoms with van der Waals surface area (Å²) in [6, 6.07) is 2.68. The van der Waals surface area contributed by atoms with Gasteiger partial charge in [-0.05, 0) is 20.8 Å². The first-order chi connectivity index (χ1) is 27.0. The molecule has 2 aliphatic heterocycles. The third kappa shape index (κ3) is 7.93. The number of ether oxygens (including phenoxy) is 3. The van der Waals surface area contributed by atoms with Gasteiger partial charge in [0, 0.05) is 12.1 Å². The van der Waals surface area contributed by atoms with Gasteiger partial charge >= 0.3 is 18.3 Å². The van der Waals surface area contributed by atoms with E-state index in [9.17, 15) is 45.5 Å². The fourth-order valence-corrected chi connectivity index (χ4v) is 5.88. The van der Waals surface area contributed by atoms with Gasteiger partial charge in [-0.25, -0.2) is 29.3 Å². The van der Waals surface area contributed by atoms with E-state index in [0.29, 0.717) is 0 Å². The SMILES string of the molecule is CCOC(=O)C1(C)C(=O)Nc2nc(-c3cc(OC)n(CCC(F)(F)F)n3)nc(N)c21.COc1cc(-c2nc(N)c3c(n2)NC(=O)C3(C)C(N)=O)nn1CCC(F)(F)F. The molecule has 2 atom stereocenters. The number of hydrogen-bond acceptors (Lipinski definition) is 15. The second-order valence-corrected chi connectivity index (χ2v) is 12.9. The molecule has 26 heteroatoms. The summed E-state index contributed by atoms with van der Waals surface area (Å²) in [5.41, 5.74) is 14.1. The van der Waals surface area contributed by atoms with Crippen molar-refractivity contribution in [1.82, 2.24) is 39.5 Å². The predicted molar refractivity (Wildman–Crippen MR) is 188 cm³/mol. The van der Waals surface area contributed by atoms with Crippen molar-refractivity contribution in [2.24, 2.45) is 5.73 Å². The molecule has 6 heterocycles. The van der Waals surface area contributed by atoms with Gasteiger partial charge in [0.2, 0.25) is 29.5 Å². The van der Waals surface area contributed by atoms with Crippen molar-refractivity contribution >= 4 is 47.0 Å². The van der Waals surface area contributed by atoms with Gasteiger partial charge in [0.25, 0.3) is 0 Å². The van der Waals surface area contributed by atoms with E-state index in [1.807, 2.05) is 0 Å². The molecule has 6 rings (SSSR count). The van der Waals surface area contributed by atoms with Gasteiger partial charge < -0.3 is 42.0 Å². The quantitative estimate of drug-likeness (QED) is 0.0823. The summed E-state index contributed by atoms with van der Waals surface area (Å²) < 4.78 is 92.2. The molecular formula is C32H35F6N13O7. The van der Waals surface area contributed by atoms with Crippen LogP contribution in [0.1, 0.15) is 44.7 Å². The molecule has 4 aromatic rings. The zero-order valence-electron chi connectivity index (χ0n) is 31.1. The number of nitrogens with one attached hydrogen (secondary N) is 2. The lowest BCUT2D eigenvalue weighted by Crippen LogP contribution is -2.44. The topological polar surface area (TPSA) is 285 Å². The molecule has 3 amide bonds. The van der Waals surface area contributed by atoms with E-state index < -0.39 is 72.8 Å². The number of hydrogen-bond donors (Lipinski definition) is 5. The molecular weight excluding hydrogens is 792 g/mol. The highest BCUT2D eigenvalue weighted by Gasteiger charge is 2.54. The maximum atomic E-state index is 12.5. The molecule has 0 fully saturated rings. The second kappa shape index (κ2) is 15.3. The summed E-state index contributed by atoms with van der Waals surface area (Å²) in [5, 5.41) is 13.0. The minimum atomic E-state index is -4.37. The molecule has 0 saturated heterocycles. The minimum absolute atomic E-state index is 0.00172. The van der Waals surface area contributed by atoms with Crippen LogP contribution in [0, 0.1) is 0 Å². The molecule has 58 heavy (non-hydrogen) atoms. The molecule has 20 nitrogen and oxygen atoms in total.